The van der Waals surface area contributed by atoms with Crippen LogP contribution in [0.5, 0.6) is 0 Å². The van der Waals surface area contributed by atoms with Gasteiger partial charge in [-0.25, -0.2) is 8.78 Å². The summed E-state index contributed by atoms with van der Waals surface area (Å²) in [6.45, 7) is 0. The van der Waals surface area contributed by atoms with Crippen LogP contribution in [-0.2, 0) is 0 Å². The van der Waals surface area contributed by atoms with E-state index in [2.05, 4.69) is 0 Å². The largest absolute Gasteiger partial charge is 0.298 e. The minimum absolute atomic E-state index is 0.173. The van der Waals surface area contributed by atoms with Gasteiger partial charge in [0.1, 0.15) is 17.9 Å². The molecule has 90 valence electrons. The second-order valence-corrected chi connectivity index (χ2v) is 3.79. The Labute approximate surface area is 103 Å². The minimum atomic E-state index is -0.488. The molecule has 0 saturated heterocycles. The van der Waals surface area contributed by atoms with E-state index in [1.54, 1.807) is 30.3 Å². The van der Waals surface area contributed by atoms with Gasteiger partial charge in [-0.3, -0.25) is 4.79 Å². The third-order valence-electron chi connectivity index (χ3n) is 2.46. The molecule has 0 spiro atoms. The molecule has 2 aromatic rings. The third-order valence-corrected chi connectivity index (χ3v) is 2.46. The number of hydrogen-bond donors (Lipinski definition) is 0. The van der Waals surface area contributed by atoms with E-state index in [4.69, 9.17) is 0 Å². The van der Waals surface area contributed by atoms with Crippen LogP contribution in [0, 0.1) is 11.6 Å². The fourth-order valence-electron chi connectivity index (χ4n) is 1.56. The van der Waals surface area contributed by atoms with Crippen LogP contribution in [0.4, 0.5) is 8.78 Å². The van der Waals surface area contributed by atoms with E-state index in [0.717, 1.165) is 30.0 Å². The van der Waals surface area contributed by atoms with Crippen molar-refractivity contribution in [1.29, 1.82) is 0 Å². The first-order chi connectivity index (χ1) is 8.69. The summed E-state index contributed by atoms with van der Waals surface area (Å²) in [6.07, 6.45) is 3.84. The van der Waals surface area contributed by atoms with Gasteiger partial charge in [0.15, 0.2) is 0 Å². The van der Waals surface area contributed by atoms with E-state index in [1.165, 1.54) is 6.08 Å². The van der Waals surface area contributed by atoms with Gasteiger partial charge in [-0.05, 0) is 29.8 Å². The summed E-state index contributed by atoms with van der Waals surface area (Å²) in [5.74, 6) is -0.975. The van der Waals surface area contributed by atoms with Crippen LogP contribution in [0.1, 0.15) is 21.5 Å². The highest BCUT2D eigenvalue weighted by Crippen LogP contribution is 2.14. The molecule has 0 bridgehead atoms. The van der Waals surface area contributed by atoms with Crippen LogP contribution in [0.3, 0.4) is 0 Å². The van der Waals surface area contributed by atoms with Crippen LogP contribution < -0.4 is 0 Å². The van der Waals surface area contributed by atoms with Crippen molar-refractivity contribution in [3.05, 3.63) is 70.8 Å². The van der Waals surface area contributed by atoms with Crippen LogP contribution >= 0.6 is 0 Å². The number of carbonyl (C=O) groups is 1. The maximum Gasteiger partial charge on any atom is 0.150 e. The fourth-order valence-corrected chi connectivity index (χ4v) is 1.56. The molecule has 0 radical (unpaired) electrons. The van der Waals surface area contributed by atoms with E-state index in [-0.39, 0.29) is 5.56 Å². The second-order valence-electron chi connectivity index (χ2n) is 3.79. The summed E-state index contributed by atoms with van der Waals surface area (Å²) in [5, 5.41) is 0. The number of halogens is 2. The smallest absolute Gasteiger partial charge is 0.150 e. The van der Waals surface area contributed by atoms with Crippen molar-refractivity contribution in [1.82, 2.24) is 0 Å². The highest BCUT2D eigenvalue weighted by molar-refractivity contribution is 5.78. The van der Waals surface area contributed by atoms with Gasteiger partial charge in [0, 0.05) is 11.1 Å². The molecule has 0 amide bonds. The molecular weight excluding hydrogens is 234 g/mol. The van der Waals surface area contributed by atoms with Gasteiger partial charge in [-0.15, -0.1) is 0 Å². The fraction of sp³-hybridized carbons (Fsp3) is 0. The van der Waals surface area contributed by atoms with Crippen molar-refractivity contribution in [3.8, 4) is 0 Å². The molecule has 1 nitrogen and oxygen atoms in total. The Kier molecular flexibility index (Phi) is 3.63. The Morgan fingerprint density at radius 2 is 1.67 bits per heavy atom. The van der Waals surface area contributed by atoms with Gasteiger partial charge in [-0.2, -0.15) is 0 Å². The molecule has 0 aliphatic heterocycles. The Morgan fingerprint density at radius 3 is 2.44 bits per heavy atom. The van der Waals surface area contributed by atoms with Crippen molar-refractivity contribution in [2.24, 2.45) is 0 Å². The predicted molar refractivity (Wildman–Crippen MR) is 67.1 cm³/mol. The topological polar surface area (TPSA) is 17.1 Å². The van der Waals surface area contributed by atoms with E-state index < -0.39 is 11.6 Å². The van der Waals surface area contributed by atoms with E-state index >= 15 is 0 Å². The first kappa shape index (κ1) is 12.2. The van der Waals surface area contributed by atoms with Crippen molar-refractivity contribution in [3.63, 3.8) is 0 Å². The van der Waals surface area contributed by atoms with Gasteiger partial charge in [-0.1, -0.05) is 30.4 Å². The molecule has 2 rings (SSSR count). The molecule has 2 aromatic carbocycles. The number of benzene rings is 2. The number of hydrogen-bond acceptors (Lipinski definition) is 1. The first-order valence-corrected chi connectivity index (χ1v) is 5.37. The average Bonchev–Trinajstić information content (AvgIpc) is 2.40. The van der Waals surface area contributed by atoms with Crippen molar-refractivity contribution in [2.45, 2.75) is 0 Å². The van der Waals surface area contributed by atoms with Crippen molar-refractivity contribution in [2.75, 3.05) is 0 Å². The standard InChI is InChI=1S/C15H10F2O/c16-14-6-7-15(17)13(9-14)5-4-11-2-1-3-12(8-11)10-18/h1-10H/b5-4+. The number of rotatable bonds is 3. The van der Waals surface area contributed by atoms with E-state index in [0.29, 0.717) is 5.56 Å². The molecular formula is C15H10F2O. The summed E-state index contributed by atoms with van der Waals surface area (Å²) in [5.41, 5.74) is 1.46. The monoisotopic (exact) mass is 244 g/mol. The zero-order valence-electron chi connectivity index (χ0n) is 9.44. The Balaban J connectivity index is 2.29. The van der Waals surface area contributed by atoms with Crippen molar-refractivity contribution >= 4 is 18.4 Å². The summed E-state index contributed by atoms with van der Waals surface area (Å²) in [7, 11) is 0. The maximum atomic E-state index is 13.3. The van der Waals surface area contributed by atoms with Gasteiger partial charge in [0.2, 0.25) is 0 Å². The lowest BCUT2D eigenvalue weighted by molar-refractivity contribution is 0.112. The van der Waals surface area contributed by atoms with Crippen LogP contribution in [0.25, 0.3) is 12.2 Å². The van der Waals surface area contributed by atoms with Crippen molar-refractivity contribution < 1.29 is 13.6 Å². The molecule has 0 saturated carbocycles. The van der Waals surface area contributed by atoms with E-state index in [1.807, 2.05) is 0 Å². The lowest BCUT2D eigenvalue weighted by Crippen LogP contribution is -1.84. The zero-order chi connectivity index (χ0) is 13.0. The molecule has 0 fully saturated rings. The molecule has 0 atom stereocenters. The molecule has 0 N–H and O–H groups in total. The minimum Gasteiger partial charge on any atom is -0.298 e. The molecule has 0 aliphatic rings. The Hall–Kier alpha value is -2.29. The summed E-state index contributed by atoms with van der Waals surface area (Å²) in [6, 6.07) is 10.1. The molecule has 3 heteroatoms. The highest BCUT2D eigenvalue weighted by Gasteiger charge is 2.00. The quantitative estimate of drug-likeness (QED) is 0.590. The van der Waals surface area contributed by atoms with Gasteiger partial charge in [0.25, 0.3) is 0 Å². The molecule has 0 unspecified atom stereocenters. The van der Waals surface area contributed by atoms with E-state index in [9.17, 15) is 13.6 Å². The highest BCUT2D eigenvalue weighted by atomic mass is 19.1. The van der Waals surface area contributed by atoms with Gasteiger partial charge < -0.3 is 0 Å². The van der Waals surface area contributed by atoms with Crippen LogP contribution in [-0.4, -0.2) is 6.29 Å². The third kappa shape index (κ3) is 2.88. The molecule has 0 aliphatic carbocycles. The van der Waals surface area contributed by atoms with Gasteiger partial charge in [0.05, 0.1) is 0 Å². The van der Waals surface area contributed by atoms with Crippen LogP contribution in [0.2, 0.25) is 0 Å². The normalized spacial score (nSPS) is 10.8. The summed E-state index contributed by atoms with van der Waals surface area (Å²) in [4.78, 5) is 10.6. The number of aldehydes is 1. The molecule has 18 heavy (non-hydrogen) atoms. The maximum absolute atomic E-state index is 13.3. The molecule has 0 aromatic heterocycles. The predicted octanol–water partition coefficient (Wildman–Crippen LogP) is 3.95. The Bertz CT molecular complexity index is 603. The van der Waals surface area contributed by atoms with Gasteiger partial charge >= 0.3 is 0 Å². The second kappa shape index (κ2) is 5.36. The first-order valence-electron chi connectivity index (χ1n) is 5.37. The molecule has 0 heterocycles. The Morgan fingerprint density at radius 1 is 0.889 bits per heavy atom. The average molecular weight is 244 g/mol. The summed E-state index contributed by atoms with van der Waals surface area (Å²) >= 11 is 0. The zero-order valence-corrected chi connectivity index (χ0v) is 9.44. The SMILES string of the molecule is O=Cc1cccc(/C=C/c2cc(F)ccc2F)c1. The lowest BCUT2D eigenvalue weighted by Gasteiger charge is -1.98. The number of carbonyl (C=O) groups excluding carboxylic acids is 1. The summed E-state index contributed by atoms with van der Waals surface area (Å²) < 4.78 is 26.3. The lowest BCUT2D eigenvalue weighted by atomic mass is 10.1. The van der Waals surface area contributed by atoms with Crippen LogP contribution in [0.15, 0.2) is 42.5 Å².